The molecule has 0 aromatic heterocycles. The van der Waals surface area contributed by atoms with Gasteiger partial charge in [0, 0.05) is 6.42 Å². The van der Waals surface area contributed by atoms with Crippen molar-refractivity contribution in [2.24, 2.45) is 0 Å². The van der Waals surface area contributed by atoms with Crippen LogP contribution in [0.25, 0.3) is 0 Å². The molecule has 1 rings (SSSR count). The van der Waals surface area contributed by atoms with Crippen molar-refractivity contribution in [3.8, 4) is 12.3 Å². The average molecular weight is 228 g/mol. The summed E-state index contributed by atoms with van der Waals surface area (Å²) >= 11 is 0. The molecule has 0 N–H and O–H groups in total. The van der Waals surface area contributed by atoms with E-state index in [1.54, 1.807) is 5.56 Å². The molecule has 0 saturated carbocycles. The lowest BCUT2D eigenvalue weighted by atomic mass is 9.94. The molecular weight excluding hydrogens is 204 g/mol. The largest absolute Gasteiger partial charge is 0.120 e. The Morgan fingerprint density at radius 3 is 2.29 bits per heavy atom. The Morgan fingerprint density at radius 1 is 0.941 bits per heavy atom. The molecule has 0 nitrogen and oxygen atoms in total. The van der Waals surface area contributed by atoms with Gasteiger partial charge in [-0.15, -0.1) is 12.3 Å². The Labute approximate surface area is 106 Å². The highest BCUT2D eigenvalue weighted by Crippen LogP contribution is 2.20. The van der Waals surface area contributed by atoms with E-state index >= 15 is 0 Å². The molecule has 0 aliphatic carbocycles. The highest BCUT2D eigenvalue weighted by atomic mass is 14.1. The van der Waals surface area contributed by atoms with E-state index in [1.165, 1.54) is 48.8 Å². The molecule has 0 bridgehead atoms. The number of benzene rings is 1. The number of unbranched alkanes of at least 4 members (excludes halogenated alkanes) is 4. The fourth-order valence-electron chi connectivity index (χ4n) is 2.28. The van der Waals surface area contributed by atoms with Gasteiger partial charge in [-0.05, 0) is 62.3 Å². The van der Waals surface area contributed by atoms with Crippen LogP contribution in [0.4, 0.5) is 0 Å². The summed E-state index contributed by atoms with van der Waals surface area (Å²) in [5.74, 6) is 2.70. The van der Waals surface area contributed by atoms with E-state index in [4.69, 9.17) is 6.42 Å². The number of aryl methyl sites for hydroxylation is 2. The maximum Gasteiger partial charge on any atom is 0.00860 e. The minimum absolute atomic E-state index is 0.933. The van der Waals surface area contributed by atoms with Gasteiger partial charge in [-0.25, -0.2) is 0 Å². The van der Waals surface area contributed by atoms with Gasteiger partial charge >= 0.3 is 0 Å². The molecule has 0 fully saturated rings. The summed E-state index contributed by atoms with van der Waals surface area (Å²) in [5.41, 5.74) is 5.89. The summed E-state index contributed by atoms with van der Waals surface area (Å²) < 4.78 is 0. The fraction of sp³-hybridized carbons (Fsp3) is 0.529. The first-order valence-electron chi connectivity index (χ1n) is 6.66. The van der Waals surface area contributed by atoms with E-state index in [-0.39, 0.29) is 0 Å². The minimum atomic E-state index is 0.933. The smallest absolute Gasteiger partial charge is 0.00860 e. The quantitative estimate of drug-likeness (QED) is 0.487. The predicted octanol–water partition coefficient (Wildman–Crippen LogP) is 4.74. The van der Waals surface area contributed by atoms with Gasteiger partial charge in [0.2, 0.25) is 0 Å². The van der Waals surface area contributed by atoms with Gasteiger partial charge in [0.1, 0.15) is 0 Å². The van der Waals surface area contributed by atoms with Crippen molar-refractivity contribution in [3.63, 3.8) is 0 Å². The molecule has 0 heteroatoms. The monoisotopic (exact) mass is 228 g/mol. The Balaban J connectivity index is 2.42. The summed E-state index contributed by atoms with van der Waals surface area (Å²) in [6.45, 7) is 6.67. The number of terminal acetylenes is 1. The Bertz CT molecular complexity index is 393. The second-order valence-corrected chi connectivity index (χ2v) is 4.92. The molecule has 0 heterocycles. The van der Waals surface area contributed by atoms with Crippen LogP contribution in [-0.2, 0) is 6.42 Å². The number of rotatable bonds is 6. The zero-order valence-electron chi connectivity index (χ0n) is 11.5. The normalized spacial score (nSPS) is 10.2. The van der Waals surface area contributed by atoms with Crippen LogP contribution in [-0.4, -0.2) is 0 Å². The third kappa shape index (κ3) is 4.27. The molecule has 1 aromatic carbocycles. The lowest BCUT2D eigenvalue weighted by Crippen LogP contribution is -1.96. The van der Waals surface area contributed by atoms with Crippen molar-refractivity contribution in [2.75, 3.05) is 0 Å². The fourth-order valence-corrected chi connectivity index (χ4v) is 2.28. The van der Waals surface area contributed by atoms with Gasteiger partial charge in [0.15, 0.2) is 0 Å². The molecule has 0 aliphatic heterocycles. The van der Waals surface area contributed by atoms with E-state index in [1.807, 2.05) is 0 Å². The molecule has 0 amide bonds. The van der Waals surface area contributed by atoms with E-state index in [0.29, 0.717) is 0 Å². The van der Waals surface area contributed by atoms with Gasteiger partial charge in [-0.3, -0.25) is 0 Å². The SMILES string of the molecule is C#CCCCCCCc1c(C)ccc(C)c1C. The van der Waals surface area contributed by atoms with Crippen molar-refractivity contribution < 1.29 is 0 Å². The molecule has 1 aromatic rings. The Kier molecular flexibility index (Phi) is 5.84. The Morgan fingerprint density at radius 2 is 1.59 bits per heavy atom. The summed E-state index contributed by atoms with van der Waals surface area (Å²) in [4.78, 5) is 0. The van der Waals surface area contributed by atoms with Crippen molar-refractivity contribution in [1.82, 2.24) is 0 Å². The summed E-state index contributed by atoms with van der Waals surface area (Å²) in [6, 6.07) is 4.47. The first-order chi connectivity index (χ1) is 8.16. The molecule has 0 aliphatic rings. The predicted molar refractivity (Wildman–Crippen MR) is 76.3 cm³/mol. The number of hydrogen-bond donors (Lipinski definition) is 0. The maximum absolute atomic E-state index is 5.24. The second kappa shape index (κ2) is 7.17. The van der Waals surface area contributed by atoms with Crippen LogP contribution in [0.1, 0.15) is 54.4 Å². The van der Waals surface area contributed by atoms with Crippen LogP contribution < -0.4 is 0 Å². The lowest BCUT2D eigenvalue weighted by Gasteiger charge is -2.12. The molecule has 0 radical (unpaired) electrons. The van der Waals surface area contributed by atoms with Gasteiger partial charge < -0.3 is 0 Å². The minimum Gasteiger partial charge on any atom is -0.120 e. The molecule has 17 heavy (non-hydrogen) atoms. The van der Waals surface area contributed by atoms with Gasteiger partial charge in [0.05, 0.1) is 0 Å². The first-order valence-corrected chi connectivity index (χ1v) is 6.66. The van der Waals surface area contributed by atoms with Crippen LogP contribution in [0, 0.1) is 33.1 Å². The highest BCUT2D eigenvalue weighted by molar-refractivity contribution is 5.39. The highest BCUT2D eigenvalue weighted by Gasteiger charge is 2.04. The summed E-state index contributed by atoms with van der Waals surface area (Å²) in [5, 5.41) is 0. The molecule has 0 atom stereocenters. The molecule has 0 spiro atoms. The lowest BCUT2D eigenvalue weighted by molar-refractivity contribution is 0.648. The van der Waals surface area contributed by atoms with Gasteiger partial charge in [-0.2, -0.15) is 0 Å². The van der Waals surface area contributed by atoms with Crippen molar-refractivity contribution in [2.45, 2.75) is 59.3 Å². The molecule has 0 unspecified atom stereocenters. The average Bonchev–Trinajstić information content (AvgIpc) is 2.32. The molecular formula is C17H24. The van der Waals surface area contributed by atoms with Gasteiger partial charge in [0.25, 0.3) is 0 Å². The maximum atomic E-state index is 5.24. The zero-order chi connectivity index (χ0) is 12.7. The zero-order valence-corrected chi connectivity index (χ0v) is 11.5. The molecule has 0 saturated heterocycles. The van der Waals surface area contributed by atoms with E-state index < -0.39 is 0 Å². The van der Waals surface area contributed by atoms with Crippen molar-refractivity contribution in [1.29, 1.82) is 0 Å². The van der Waals surface area contributed by atoms with Crippen LogP contribution >= 0.6 is 0 Å². The van der Waals surface area contributed by atoms with Crippen LogP contribution in [0.15, 0.2) is 12.1 Å². The van der Waals surface area contributed by atoms with Gasteiger partial charge in [-0.1, -0.05) is 25.0 Å². The van der Waals surface area contributed by atoms with E-state index in [9.17, 15) is 0 Å². The molecule has 92 valence electrons. The van der Waals surface area contributed by atoms with Crippen molar-refractivity contribution in [3.05, 3.63) is 34.4 Å². The second-order valence-electron chi connectivity index (χ2n) is 4.92. The Hall–Kier alpha value is -1.22. The third-order valence-corrected chi connectivity index (χ3v) is 3.60. The first kappa shape index (κ1) is 13.8. The standard InChI is InChI=1S/C17H24/c1-5-6-7-8-9-10-11-17-15(3)13-12-14(2)16(17)4/h1,12-13H,6-11H2,2-4H3. The van der Waals surface area contributed by atoms with Crippen LogP contribution in [0.5, 0.6) is 0 Å². The van der Waals surface area contributed by atoms with E-state index in [0.717, 1.165) is 6.42 Å². The third-order valence-electron chi connectivity index (χ3n) is 3.60. The van der Waals surface area contributed by atoms with Crippen LogP contribution in [0.3, 0.4) is 0 Å². The van der Waals surface area contributed by atoms with E-state index in [2.05, 4.69) is 38.8 Å². The topological polar surface area (TPSA) is 0 Å². The van der Waals surface area contributed by atoms with Crippen molar-refractivity contribution >= 4 is 0 Å². The summed E-state index contributed by atoms with van der Waals surface area (Å²) in [6.07, 6.45) is 12.4. The summed E-state index contributed by atoms with van der Waals surface area (Å²) in [7, 11) is 0. The number of hydrogen-bond acceptors (Lipinski definition) is 0. The van der Waals surface area contributed by atoms with Crippen LogP contribution in [0.2, 0.25) is 0 Å².